The molecule has 1 saturated heterocycles. The quantitative estimate of drug-likeness (QED) is 0.743. The number of nitrogens with one attached hydrogen (secondary N) is 1. The molecule has 0 aromatic heterocycles. The second-order valence-electron chi connectivity index (χ2n) is 5.49. The van der Waals surface area contributed by atoms with Crippen LogP contribution in [0, 0.1) is 5.41 Å². The van der Waals surface area contributed by atoms with E-state index in [-0.39, 0.29) is 12.0 Å². The molecule has 1 heterocycles. The van der Waals surface area contributed by atoms with E-state index in [0.717, 1.165) is 43.7 Å². The third-order valence-corrected chi connectivity index (χ3v) is 4.65. The van der Waals surface area contributed by atoms with Crippen molar-refractivity contribution in [2.45, 2.75) is 45.6 Å². The second-order valence-corrected chi connectivity index (χ2v) is 7.19. The molecule has 0 aliphatic carbocycles. The van der Waals surface area contributed by atoms with Crippen LogP contribution in [0.1, 0.15) is 39.5 Å². The average molecular weight is 247 g/mol. The molecule has 0 saturated carbocycles. The van der Waals surface area contributed by atoms with E-state index in [1.54, 1.807) is 0 Å². The predicted octanol–water partition coefficient (Wildman–Crippen LogP) is 1.29. The zero-order valence-electron chi connectivity index (χ0n) is 10.5. The van der Waals surface area contributed by atoms with Crippen LogP contribution < -0.4 is 5.32 Å². The largest absolute Gasteiger partial charge is 0.396 e. The lowest BCUT2D eigenvalue weighted by Crippen LogP contribution is -2.40. The Morgan fingerprint density at radius 1 is 1.38 bits per heavy atom. The van der Waals surface area contributed by atoms with Crippen LogP contribution in [0.25, 0.3) is 0 Å². The van der Waals surface area contributed by atoms with Crippen LogP contribution in [0.3, 0.4) is 0 Å². The minimum Gasteiger partial charge on any atom is -0.396 e. The molecule has 1 aliphatic heterocycles. The van der Waals surface area contributed by atoms with Gasteiger partial charge in [0.1, 0.15) is 0 Å². The van der Waals surface area contributed by atoms with Gasteiger partial charge in [0.25, 0.3) is 0 Å². The Labute approximate surface area is 101 Å². The molecular weight excluding hydrogens is 222 g/mol. The number of aliphatic hydroxyl groups is 1. The fraction of sp³-hybridized carbons (Fsp3) is 1.00. The number of hydrogen-bond donors (Lipinski definition) is 2. The summed E-state index contributed by atoms with van der Waals surface area (Å²) in [6.07, 6.45) is 4.02. The van der Waals surface area contributed by atoms with Crippen LogP contribution in [0.2, 0.25) is 0 Å². The fourth-order valence-electron chi connectivity index (χ4n) is 2.06. The van der Waals surface area contributed by atoms with Gasteiger partial charge in [0.15, 0.2) is 0 Å². The first-order valence-electron chi connectivity index (χ1n) is 6.23. The van der Waals surface area contributed by atoms with E-state index in [1.165, 1.54) is 0 Å². The highest BCUT2D eigenvalue weighted by atomic mass is 32.2. The van der Waals surface area contributed by atoms with Gasteiger partial charge in [-0.05, 0) is 31.1 Å². The van der Waals surface area contributed by atoms with Crippen molar-refractivity contribution in [3.8, 4) is 0 Å². The van der Waals surface area contributed by atoms with Crippen molar-refractivity contribution in [2.75, 3.05) is 24.7 Å². The molecule has 0 bridgehead atoms. The van der Waals surface area contributed by atoms with Crippen LogP contribution in [0.15, 0.2) is 0 Å². The summed E-state index contributed by atoms with van der Waals surface area (Å²) in [7, 11) is -0.564. The van der Waals surface area contributed by atoms with E-state index in [1.807, 2.05) is 0 Å². The van der Waals surface area contributed by atoms with E-state index in [2.05, 4.69) is 19.2 Å². The molecule has 0 radical (unpaired) electrons. The van der Waals surface area contributed by atoms with Crippen LogP contribution in [0.5, 0.6) is 0 Å². The zero-order chi connectivity index (χ0) is 12.0. The third kappa shape index (κ3) is 5.41. The van der Waals surface area contributed by atoms with Crippen molar-refractivity contribution in [2.24, 2.45) is 5.41 Å². The topological polar surface area (TPSA) is 49.3 Å². The number of aliphatic hydroxyl groups excluding tert-OH is 1. The first-order valence-corrected chi connectivity index (χ1v) is 7.71. The summed E-state index contributed by atoms with van der Waals surface area (Å²) in [4.78, 5) is 0. The third-order valence-electron chi connectivity index (χ3n) is 3.27. The van der Waals surface area contributed by atoms with Gasteiger partial charge >= 0.3 is 0 Å². The lowest BCUT2D eigenvalue weighted by Gasteiger charge is -2.30. The van der Waals surface area contributed by atoms with Crippen LogP contribution in [-0.4, -0.2) is 40.0 Å². The Balaban J connectivity index is 2.20. The Bertz CT molecular complexity index is 221. The molecule has 0 unspecified atom stereocenters. The maximum atomic E-state index is 11.2. The van der Waals surface area contributed by atoms with Gasteiger partial charge in [-0.1, -0.05) is 13.8 Å². The minimum absolute atomic E-state index is 0.249. The first kappa shape index (κ1) is 14.1. The Morgan fingerprint density at radius 2 is 2.00 bits per heavy atom. The Hall–Kier alpha value is 0.0700. The monoisotopic (exact) mass is 247 g/mol. The molecule has 1 rings (SSSR count). The van der Waals surface area contributed by atoms with Crippen molar-refractivity contribution in [3.63, 3.8) is 0 Å². The molecular formula is C12H25NO2S. The lowest BCUT2D eigenvalue weighted by molar-refractivity contribution is 0.230. The number of hydrogen-bond acceptors (Lipinski definition) is 3. The first-order chi connectivity index (χ1) is 7.53. The highest BCUT2D eigenvalue weighted by Crippen LogP contribution is 2.21. The van der Waals surface area contributed by atoms with E-state index in [0.29, 0.717) is 6.04 Å². The molecule has 96 valence electrons. The van der Waals surface area contributed by atoms with Crippen molar-refractivity contribution in [1.29, 1.82) is 0 Å². The van der Waals surface area contributed by atoms with Gasteiger partial charge in [0.05, 0.1) is 0 Å². The molecule has 2 N–H and O–H groups in total. The summed E-state index contributed by atoms with van der Waals surface area (Å²) >= 11 is 0. The Morgan fingerprint density at radius 3 is 2.56 bits per heavy atom. The van der Waals surface area contributed by atoms with E-state index >= 15 is 0 Å². The van der Waals surface area contributed by atoms with Gasteiger partial charge in [-0.15, -0.1) is 0 Å². The molecule has 4 heteroatoms. The molecule has 0 aromatic carbocycles. The maximum absolute atomic E-state index is 11.2. The smallest absolute Gasteiger partial charge is 0.0431 e. The maximum Gasteiger partial charge on any atom is 0.0431 e. The molecule has 1 aliphatic rings. The fourth-order valence-corrected chi connectivity index (χ4v) is 3.36. The normalized spacial score (nSPS) is 26.9. The van der Waals surface area contributed by atoms with Gasteiger partial charge < -0.3 is 10.4 Å². The second kappa shape index (κ2) is 6.72. The van der Waals surface area contributed by atoms with Crippen molar-refractivity contribution < 1.29 is 9.32 Å². The molecule has 3 nitrogen and oxygen atoms in total. The van der Waals surface area contributed by atoms with Gasteiger partial charge in [0, 0.05) is 41.5 Å². The van der Waals surface area contributed by atoms with Crippen molar-refractivity contribution >= 4 is 10.8 Å². The zero-order valence-corrected chi connectivity index (χ0v) is 11.3. The van der Waals surface area contributed by atoms with Crippen LogP contribution in [0.4, 0.5) is 0 Å². The molecule has 0 atom stereocenters. The molecule has 0 spiro atoms. The number of rotatable bonds is 6. The summed E-state index contributed by atoms with van der Waals surface area (Å²) < 4.78 is 11.2. The average Bonchev–Trinajstić information content (AvgIpc) is 2.26. The minimum atomic E-state index is -0.564. The summed E-state index contributed by atoms with van der Waals surface area (Å²) in [6, 6.07) is 0.547. The van der Waals surface area contributed by atoms with Crippen molar-refractivity contribution in [1.82, 2.24) is 5.32 Å². The van der Waals surface area contributed by atoms with E-state index < -0.39 is 10.8 Å². The Kier molecular flexibility index (Phi) is 5.94. The summed E-state index contributed by atoms with van der Waals surface area (Å²) in [5.41, 5.74) is 0.249. The van der Waals surface area contributed by atoms with Crippen LogP contribution in [-0.2, 0) is 10.8 Å². The van der Waals surface area contributed by atoms with Gasteiger partial charge in [-0.2, -0.15) is 0 Å². The summed E-state index contributed by atoms with van der Waals surface area (Å²) in [6.45, 7) is 5.74. The van der Waals surface area contributed by atoms with Gasteiger partial charge in [-0.25, -0.2) is 0 Å². The van der Waals surface area contributed by atoms with Gasteiger partial charge in [0.2, 0.25) is 0 Å². The highest BCUT2D eigenvalue weighted by Gasteiger charge is 2.22. The summed E-state index contributed by atoms with van der Waals surface area (Å²) in [5.74, 6) is 1.71. The SMILES string of the molecule is CC(C)(CCCO)CNC1CCS(=O)CC1. The molecule has 0 aromatic rings. The molecule has 0 amide bonds. The molecule has 16 heavy (non-hydrogen) atoms. The highest BCUT2D eigenvalue weighted by molar-refractivity contribution is 7.85. The summed E-state index contributed by atoms with van der Waals surface area (Å²) in [5, 5.41) is 12.4. The van der Waals surface area contributed by atoms with Gasteiger partial charge in [-0.3, -0.25) is 4.21 Å². The van der Waals surface area contributed by atoms with E-state index in [4.69, 9.17) is 5.11 Å². The molecule has 1 fully saturated rings. The van der Waals surface area contributed by atoms with Crippen molar-refractivity contribution in [3.05, 3.63) is 0 Å². The standard InChI is InChI=1S/C12H25NO2S/c1-12(2,6-3-7-14)10-13-11-4-8-16(15)9-5-11/h11,13-14H,3-10H2,1-2H3. The lowest BCUT2D eigenvalue weighted by atomic mass is 9.87. The predicted molar refractivity (Wildman–Crippen MR) is 69.0 cm³/mol. The van der Waals surface area contributed by atoms with E-state index in [9.17, 15) is 4.21 Å². The van der Waals surface area contributed by atoms with Crippen LogP contribution >= 0.6 is 0 Å².